The van der Waals surface area contributed by atoms with Gasteiger partial charge in [0, 0.05) is 6.54 Å². The number of nitrogens with zero attached hydrogens (tertiary/aromatic N) is 1. The third-order valence-electron chi connectivity index (χ3n) is 3.91. The van der Waals surface area contributed by atoms with E-state index in [2.05, 4.69) is 33.2 Å². The first kappa shape index (κ1) is 14.8. The molecule has 1 aliphatic rings. The number of piperidine rings is 1. The van der Waals surface area contributed by atoms with E-state index in [4.69, 9.17) is 0 Å². The number of nitrogens with one attached hydrogen (secondary N) is 1. The molecule has 4 heteroatoms. The minimum Gasteiger partial charge on any atom is -0.507 e. The second-order valence-electron chi connectivity index (χ2n) is 5.50. The molecule has 0 spiro atoms. The van der Waals surface area contributed by atoms with Gasteiger partial charge in [-0.25, -0.2) is 0 Å². The number of likely N-dealkylation sites (tertiary alicyclic amines) is 1. The lowest BCUT2D eigenvalue weighted by molar-refractivity contribution is 0.211. The Labute approximate surface area is 124 Å². The van der Waals surface area contributed by atoms with E-state index in [-0.39, 0.29) is 0 Å². The third-order valence-corrected chi connectivity index (χ3v) is 4.54. The number of phenols is 1. The van der Waals surface area contributed by atoms with Crippen LogP contribution in [0, 0.1) is 5.92 Å². The van der Waals surface area contributed by atoms with Crippen LogP contribution in [0.5, 0.6) is 5.75 Å². The molecule has 1 aromatic rings. The maximum absolute atomic E-state index is 9.44. The molecule has 19 heavy (non-hydrogen) atoms. The fourth-order valence-corrected chi connectivity index (χ4v) is 2.98. The minimum atomic E-state index is 0.301. The summed E-state index contributed by atoms with van der Waals surface area (Å²) in [6.45, 7) is 4.43. The van der Waals surface area contributed by atoms with Crippen LogP contribution >= 0.6 is 15.9 Å². The van der Waals surface area contributed by atoms with Crippen LogP contribution in [0.25, 0.3) is 0 Å². The van der Waals surface area contributed by atoms with Gasteiger partial charge in [-0.15, -0.1) is 0 Å². The lowest BCUT2D eigenvalue weighted by Crippen LogP contribution is -2.31. The van der Waals surface area contributed by atoms with Crippen molar-refractivity contribution in [3.63, 3.8) is 0 Å². The summed E-state index contributed by atoms with van der Waals surface area (Å²) in [5, 5.41) is 12.9. The Morgan fingerprint density at radius 1 is 1.37 bits per heavy atom. The summed E-state index contributed by atoms with van der Waals surface area (Å²) in [6.07, 6.45) is 3.94. The molecular formula is C15H23BrN2O. The van der Waals surface area contributed by atoms with Gasteiger partial charge >= 0.3 is 0 Å². The van der Waals surface area contributed by atoms with Crippen LogP contribution in [0.1, 0.15) is 24.8 Å². The molecule has 0 unspecified atom stereocenters. The van der Waals surface area contributed by atoms with Gasteiger partial charge in [0.05, 0.1) is 4.47 Å². The van der Waals surface area contributed by atoms with Crippen LogP contribution in [0.2, 0.25) is 0 Å². The second kappa shape index (κ2) is 7.27. The molecule has 0 amide bonds. The molecule has 2 N–H and O–H groups in total. The fourth-order valence-electron chi connectivity index (χ4n) is 2.55. The van der Waals surface area contributed by atoms with Gasteiger partial charge in [-0.3, -0.25) is 0 Å². The maximum Gasteiger partial charge on any atom is 0.129 e. The van der Waals surface area contributed by atoms with E-state index in [0.717, 1.165) is 23.5 Å². The zero-order chi connectivity index (χ0) is 13.7. The van der Waals surface area contributed by atoms with Crippen molar-refractivity contribution in [2.75, 3.05) is 26.7 Å². The van der Waals surface area contributed by atoms with Crippen molar-refractivity contribution in [3.05, 3.63) is 28.2 Å². The topological polar surface area (TPSA) is 35.5 Å². The third kappa shape index (κ3) is 4.79. The van der Waals surface area contributed by atoms with Gasteiger partial charge in [-0.1, -0.05) is 6.07 Å². The molecule has 1 aliphatic heterocycles. The molecule has 1 aromatic carbocycles. The Morgan fingerprint density at radius 2 is 2.11 bits per heavy atom. The molecule has 1 saturated heterocycles. The molecule has 1 fully saturated rings. The highest BCUT2D eigenvalue weighted by molar-refractivity contribution is 9.10. The Kier molecular flexibility index (Phi) is 5.67. The molecule has 0 bridgehead atoms. The molecular weight excluding hydrogens is 304 g/mol. The second-order valence-corrected chi connectivity index (χ2v) is 6.35. The van der Waals surface area contributed by atoms with E-state index in [1.165, 1.54) is 37.9 Å². The molecule has 106 valence electrons. The zero-order valence-corrected chi connectivity index (χ0v) is 13.1. The summed E-state index contributed by atoms with van der Waals surface area (Å²) < 4.78 is 0.766. The first-order chi connectivity index (χ1) is 9.15. The van der Waals surface area contributed by atoms with E-state index < -0.39 is 0 Å². The lowest BCUT2D eigenvalue weighted by Gasteiger charge is -2.28. The highest BCUT2D eigenvalue weighted by Crippen LogP contribution is 2.24. The quantitative estimate of drug-likeness (QED) is 0.816. The van der Waals surface area contributed by atoms with Gasteiger partial charge in [0.15, 0.2) is 0 Å². The first-order valence-electron chi connectivity index (χ1n) is 7.02. The number of benzene rings is 1. The minimum absolute atomic E-state index is 0.301. The molecule has 0 radical (unpaired) electrons. The van der Waals surface area contributed by atoms with Crippen molar-refractivity contribution < 1.29 is 5.11 Å². The van der Waals surface area contributed by atoms with Crippen molar-refractivity contribution in [2.24, 2.45) is 5.92 Å². The van der Waals surface area contributed by atoms with Crippen molar-refractivity contribution in [1.29, 1.82) is 0 Å². The van der Waals surface area contributed by atoms with Gasteiger partial charge in [0.2, 0.25) is 0 Å². The molecule has 0 aromatic heterocycles. The first-order valence-corrected chi connectivity index (χ1v) is 7.81. The molecule has 3 nitrogen and oxygen atoms in total. The average Bonchev–Trinajstić information content (AvgIpc) is 2.41. The number of halogens is 1. The van der Waals surface area contributed by atoms with Gasteiger partial charge in [0.25, 0.3) is 0 Å². The number of rotatable bonds is 5. The van der Waals surface area contributed by atoms with Crippen molar-refractivity contribution in [1.82, 2.24) is 10.2 Å². The van der Waals surface area contributed by atoms with Crippen LogP contribution in [0.15, 0.2) is 22.7 Å². The Balaban J connectivity index is 1.65. The number of hydrogen-bond acceptors (Lipinski definition) is 3. The molecule has 0 atom stereocenters. The van der Waals surface area contributed by atoms with Crippen molar-refractivity contribution in [3.8, 4) is 5.75 Å². The predicted octanol–water partition coefficient (Wildman–Crippen LogP) is 2.98. The monoisotopic (exact) mass is 326 g/mol. The Morgan fingerprint density at radius 3 is 2.79 bits per heavy atom. The summed E-state index contributed by atoms with van der Waals surface area (Å²) >= 11 is 3.34. The predicted molar refractivity (Wildman–Crippen MR) is 82.4 cm³/mol. The van der Waals surface area contributed by atoms with Crippen LogP contribution in [0.3, 0.4) is 0 Å². The van der Waals surface area contributed by atoms with Crippen LogP contribution in [0.4, 0.5) is 0 Å². The summed E-state index contributed by atoms with van der Waals surface area (Å²) in [4.78, 5) is 2.41. The van der Waals surface area contributed by atoms with Crippen LogP contribution in [-0.2, 0) is 6.54 Å². The maximum atomic E-state index is 9.44. The Hall–Kier alpha value is -0.580. The van der Waals surface area contributed by atoms with Gasteiger partial charge in [-0.05, 0) is 85.5 Å². The van der Waals surface area contributed by atoms with Gasteiger partial charge < -0.3 is 15.3 Å². The number of phenolic OH excluding ortho intramolecular Hbond substituents is 1. The van der Waals surface area contributed by atoms with Crippen LogP contribution < -0.4 is 5.32 Å². The van der Waals surface area contributed by atoms with E-state index >= 15 is 0 Å². The smallest absolute Gasteiger partial charge is 0.129 e. The summed E-state index contributed by atoms with van der Waals surface area (Å²) in [7, 11) is 2.21. The lowest BCUT2D eigenvalue weighted by atomic mass is 9.94. The number of aromatic hydroxyl groups is 1. The standard InChI is InChI=1S/C15H23BrN2O/c1-18-8-5-12(6-9-18)4-7-17-11-13-2-3-15(19)14(16)10-13/h2-3,10,12,17,19H,4-9,11H2,1H3. The molecule has 2 rings (SSSR count). The molecule has 0 aliphatic carbocycles. The highest BCUT2D eigenvalue weighted by Gasteiger charge is 2.15. The van der Waals surface area contributed by atoms with E-state index in [1.807, 2.05) is 12.1 Å². The largest absolute Gasteiger partial charge is 0.507 e. The van der Waals surface area contributed by atoms with E-state index in [9.17, 15) is 5.11 Å². The zero-order valence-electron chi connectivity index (χ0n) is 11.5. The van der Waals surface area contributed by atoms with Crippen molar-refractivity contribution >= 4 is 15.9 Å². The summed E-state index contributed by atoms with van der Waals surface area (Å²) in [6, 6.07) is 5.67. The highest BCUT2D eigenvalue weighted by atomic mass is 79.9. The Bertz CT molecular complexity index is 403. The average molecular weight is 327 g/mol. The van der Waals surface area contributed by atoms with Gasteiger partial charge in [0.1, 0.15) is 5.75 Å². The SMILES string of the molecule is CN1CCC(CCNCc2ccc(O)c(Br)c2)CC1. The molecule has 0 saturated carbocycles. The normalized spacial score (nSPS) is 17.8. The van der Waals surface area contributed by atoms with E-state index in [0.29, 0.717) is 5.75 Å². The van der Waals surface area contributed by atoms with E-state index in [1.54, 1.807) is 6.07 Å². The fraction of sp³-hybridized carbons (Fsp3) is 0.600. The number of hydrogen-bond donors (Lipinski definition) is 2. The van der Waals surface area contributed by atoms with Crippen molar-refractivity contribution in [2.45, 2.75) is 25.8 Å². The van der Waals surface area contributed by atoms with Gasteiger partial charge in [-0.2, -0.15) is 0 Å². The molecule has 1 heterocycles. The summed E-state index contributed by atoms with van der Waals surface area (Å²) in [5.41, 5.74) is 1.20. The summed E-state index contributed by atoms with van der Waals surface area (Å²) in [5.74, 6) is 1.19. The van der Waals surface area contributed by atoms with Crippen LogP contribution in [-0.4, -0.2) is 36.7 Å².